The monoisotopic (exact) mass is 279 g/mol. The minimum atomic E-state index is -4.10. The van der Waals surface area contributed by atoms with E-state index in [1.807, 2.05) is 19.2 Å². The minimum Gasteiger partial charge on any atom is -0.370 e. The SMILES string of the molecule is CNCCc1ccccc1COCC(F)(F)C(F)F. The van der Waals surface area contributed by atoms with Crippen LogP contribution in [0, 0.1) is 0 Å². The lowest BCUT2D eigenvalue weighted by atomic mass is 10.1. The lowest BCUT2D eigenvalue weighted by Crippen LogP contribution is -2.32. The molecule has 0 saturated carbocycles. The third-order valence-corrected chi connectivity index (χ3v) is 2.63. The Labute approximate surface area is 109 Å². The van der Waals surface area contributed by atoms with Gasteiger partial charge in [0, 0.05) is 0 Å². The largest absolute Gasteiger partial charge is 0.370 e. The quantitative estimate of drug-likeness (QED) is 0.739. The molecule has 0 unspecified atom stereocenters. The molecule has 2 nitrogen and oxygen atoms in total. The molecule has 0 radical (unpaired) electrons. The Balaban J connectivity index is 2.53. The number of halogens is 4. The van der Waals surface area contributed by atoms with Gasteiger partial charge in [0.2, 0.25) is 0 Å². The van der Waals surface area contributed by atoms with E-state index in [0.717, 1.165) is 24.1 Å². The standard InChI is InChI=1S/C13H17F4NO/c1-18-7-6-10-4-2-3-5-11(10)8-19-9-13(16,17)12(14)15/h2-5,12,18H,6-9H2,1H3. The summed E-state index contributed by atoms with van der Waals surface area (Å²) in [6, 6.07) is 7.20. The molecule has 0 spiro atoms. The summed E-state index contributed by atoms with van der Waals surface area (Å²) in [6.45, 7) is -0.628. The van der Waals surface area contributed by atoms with Crippen LogP contribution in [0.25, 0.3) is 0 Å². The molecule has 1 N–H and O–H groups in total. The van der Waals surface area contributed by atoms with E-state index in [4.69, 9.17) is 4.74 Å². The van der Waals surface area contributed by atoms with Crippen molar-refractivity contribution in [2.45, 2.75) is 25.4 Å². The molecule has 0 bridgehead atoms. The molecule has 0 aliphatic carbocycles. The number of nitrogens with one attached hydrogen (secondary N) is 1. The van der Waals surface area contributed by atoms with Gasteiger partial charge in [-0.1, -0.05) is 24.3 Å². The van der Waals surface area contributed by atoms with Gasteiger partial charge in [-0.2, -0.15) is 8.78 Å². The maximum atomic E-state index is 12.7. The zero-order valence-corrected chi connectivity index (χ0v) is 10.6. The Morgan fingerprint density at radius 3 is 2.42 bits per heavy atom. The summed E-state index contributed by atoms with van der Waals surface area (Å²) in [5.41, 5.74) is 1.69. The smallest absolute Gasteiger partial charge is 0.330 e. The van der Waals surface area contributed by atoms with Crippen LogP contribution in [-0.2, 0) is 17.8 Å². The lowest BCUT2D eigenvalue weighted by molar-refractivity contribution is -0.168. The molecule has 0 aromatic heterocycles. The molecule has 1 rings (SSSR count). The third kappa shape index (κ3) is 5.16. The summed E-state index contributed by atoms with van der Waals surface area (Å²) in [6.07, 6.45) is -2.98. The van der Waals surface area contributed by atoms with Gasteiger partial charge < -0.3 is 10.1 Å². The molecule has 1 aromatic rings. The third-order valence-electron chi connectivity index (χ3n) is 2.63. The average molecular weight is 279 g/mol. The van der Waals surface area contributed by atoms with Crippen LogP contribution in [0.3, 0.4) is 0 Å². The Kier molecular flexibility index (Phi) is 6.24. The highest BCUT2D eigenvalue weighted by Crippen LogP contribution is 2.23. The number of hydrogen-bond donors (Lipinski definition) is 1. The van der Waals surface area contributed by atoms with Gasteiger partial charge in [-0.25, -0.2) is 8.78 Å². The van der Waals surface area contributed by atoms with Gasteiger partial charge >= 0.3 is 12.3 Å². The zero-order chi connectivity index (χ0) is 14.3. The first-order valence-corrected chi connectivity index (χ1v) is 5.92. The number of benzene rings is 1. The fraction of sp³-hybridized carbons (Fsp3) is 0.538. The van der Waals surface area contributed by atoms with Gasteiger partial charge in [-0.05, 0) is 31.1 Å². The van der Waals surface area contributed by atoms with Crippen LogP contribution in [0.2, 0.25) is 0 Å². The number of alkyl halides is 4. The van der Waals surface area contributed by atoms with E-state index >= 15 is 0 Å². The van der Waals surface area contributed by atoms with Crippen molar-refractivity contribution >= 4 is 0 Å². The van der Waals surface area contributed by atoms with Crippen molar-refractivity contribution in [1.82, 2.24) is 5.32 Å². The fourth-order valence-electron chi connectivity index (χ4n) is 1.56. The van der Waals surface area contributed by atoms with Crippen molar-refractivity contribution in [3.63, 3.8) is 0 Å². The zero-order valence-electron chi connectivity index (χ0n) is 10.6. The molecule has 108 valence electrons. The van der Waals surface area contributed by atoms with E-state index in [1.54, 1.807) is 12.1 Å². The van der Waals surface area contributed by atoms with E-state index in [0.29, 0.717) is 0 Å². The van der Waals surface area contributed by atoms with Crippen molar-refractivity contribution in [1.29, 1.82) is 0 Å². The molecule has 0 amide bonds. The maximum Gasteiger partial charge on any atom is 0.330 e. The lowest BCUT2D eigenvalue weighted by Gasteiger charge is -2.16. The molecule has 0 aliphatic heterocycles. The number of likely N-dealkylation sites (N-methyl/N-ethyl adjacent to an activating group) is 1. The first kappa shape index (κ1) is 15.9. The normalized spacial score (nSPS) is 12.1. The predicted octanol–water partition coefficient (Wildman–Crippen LogP) is 2.87. The van der Waals surface area contributed by atoms with Crippen LogP contribution in [0.15, 0.2) is 24.3 Å². The Morgan fingerprint density at radius 2 is 1.84 bits per heavy atom. The molecule has 6 heteroatoms. The van der Waals surface area contributed by atoms with Crippen molar-refractivity contribution in [2.24, 2.45) is 0 Å². The Hall–Kier alpha value is -1.14. The maximum absolute atomic E-state index is 12.7. The van der Waals surface area contributed by atoms with Gasteiger partial charge in [0.1, 0.15) is 6.61 Å². The highest BCUT2D eigenvalue weighted by molar-refractivity contribution is 5.26. The van der Waals surface area contributed by atoms with E-state index < -0.39 is 19.0 Å². The fourth-order valence-corrected chi connectivity index (χ4v) is 1.56. The Morgan fingerprint density at radius 1 is 1.21 bits per heavy atom. The molecular formula is C13H17F4NO. The van der Waals surface area contributed by atoms with Gasteiger partial charge in [-0.3, -0.25) is 0 Å². The number of rotatable bonds is 8. The van der Waals surface area contributed by atoms with E-state index in [-0.39, 0.29) is 6.61 Å². The van der Waals surface area contributed by atoms with Crippen molar-refractivity contribution in [2.75, 3.05) is 20.2 Å². The van der Waals surface area contributed by atoms with Crippen molar-refractivity contribution in [3.05, 3.63) is 35.4 Å². The summed E-state index contributed by atoms with van der Waals surface area (Å²) in [4.78, 5) is 0. The first-order chi connectivity index (χ1) is 8.97. The summed E-state index contributed by atoms with van der Waals surface area (Å²) >= 11 is 0. The van der Waals surface area contributed by atoms with Gasteiger partial charge in [0.05, 0.1) is 6.61 Å². The second-order valence-electron chi connectivity index (χ2n) is 4.18. The van der Waals surface area contributed by atoms with Crippen LogP contribution in [0.5, 0.6) is 0 Å². The van der Waals surface area contributed by atoms with Crippen molar-refractivity contribution in [3.8, 4) is 0 Å². The molecule has 0 saturated heterocycles. The molecule has 19 heavy (non-hydrogen) atoms. The molecule has 1 aromatic carbocycles. The first-order valence-electron chi connectivity index (χ1n) is 5.92. The van der Waals surface area contributed by atoms with Crippen LogP contribution < -0.4 is 5.32 Å². The summed E-state index contributed by atoms with van der Waals surface area (Å²) in [7, 11) is 1.81. The predicted molar refractivity (Wildman–Crippen MR) is 64.7 cm³/mol. The molecular weight excluding hydrogens is 262 g/mol. The van der Waals surface area contributed by atoms with Crippen LogP contribution in [0.4, 0.5) is 17.6 Å². The minimum absolute atomic E-state index is 0.0950. The molecule has 0 fully saturated rings. The summed E-state index contributed by atoms with van der Waals surface area (Å²) < 4.78 is 53.9. The topological polar surface area (TPSA) is 21.3 Å². The second-order valence-corrected chi connectivity index (χ2v) is 4.18. The molecule has 0 atom stereocenters. The van der Waals surface area contributed by atoms with Crippen molar-refractivity contribution < 1.29 is 22.3 Å². The second kappa shape index (κ2) is 7.45. The van der Waals surface area contributed by atoms with E-state index in [9.17, 15) is 17.6 Å². The van der Waals surface area contributed by atoms with Crippen LogP contribution in [-0.4, -0.2) is 32.5 Å². The summed E-state index contributed by atoms with van der Waals surface area (Å²) in [5, 5.41) is 2.98. The highest BCUT2D eigenvalue weighted by atomic mass is 19.3. The van der Waals surface area contributed by atoms with E-state index in [1.165, 1.54) is 0 Å². The summed E-state index contributed by atoms with van der Waals surface area (Å²) in [5.74, 6) is -4.10. The number of hydrogen-bond acceptors (Lipinski definition) is 2. The van der Waals surface area contributed by atoms with Gasteiger partial charge in [-0.15, -0.1) is 0 Å². The highest BCUT2D eigenvalue weighted by Gasteiger charge is 2.40. The average Bonchev–Trinajstić information content (AvgIpc) is 2.37. The van der Waals surface area contributed by atoms with E-state index in [2.05, 4.69) is 5.32 Å². The number of ether oxygens (including phenoxy) is 1. The van der Waals surface area contributed by atoms with Gasteiger partial charge in [0.25, 0.3) is 0 Å². The van der Waals surface area contributed by atoms with Crippen LogP contribution >= 0.6 is 0 Å². The Bertz CT molecular complexity index is 385. The van der Waals surface area contributed by atoms with Gasteiger partial charge in [0.15, 0.2) is 0 Å². The van der Waals surface area contributed by atoms with Crippen LogP contribution in [0.1, 0.15) is 11.1 Å². The molecule has 0 aliphatic rings. The molecule has 0 heterocycles.